The largest absolute Gasteiger partial charge is 0.476 e. The van der Waals surface area contributed by atoms with Crippen LogP contribution in [-0.4, -0.2) is 21.0 Å². The minimum atomic E-state index is -1.19. The Labute approximate surface area is 110 Å². The first-order valence-corrected chi connectivity index (χ1v) is 6.12. The number of nitrogens with one attached hydrogen (secondary N) is 2. The van der Waals surface area contributed by atoms with Gasteiger partial charge in [0.1, 0.15) is 5.82 Å². The number of pyridine rings is 1. The summed E-state index contributed by atoms with van der Waals surface area (Å²) >= 11 is 6.76. The van der Waals surface area contributed by atoms with Crippen molar-refractivity contribution >= 4 is 34.7 Å². The van der Waals surface area contributed by atoms with Crippen molar-refractivity contribution in [3.05, 3.63) is 43.6 Å². The lowest BCUT2D eigenvalue weighted by Crippen LogP contribution is -2.07. The first-order valence-electron chi connectivity index (χ1n) is 4.86. The lowest BCUT2D eigenvalue weighted by molar-refractivity contribution is 0.0691. The van der Waals surface area contributed by atoms with Gasteiger partial charge in [0, 0.05) is 11.1 Å². The number of aromatic nitrogens is 2. The standard InChI is InChI=1S/C10H8ClN3O3S/c11-6-1-2-7(14-8(6)9(15)16)12-3-5-4-18-10(17)13-5/h1-2,4H,3H2,(H,12,14)(H,13,17)(H,15,16). The molecule has 8 heteroatoms. The Morgan fingerprint density at radius 2 is 2.33 bits per heavy atom. The van der Waals surface area contributed by atoms with Crippen LogP contribution >= 0.6 is 22.9 Å². The molecule has 0 fully saturated rings. The van der Waals surface area contributed by atoms with Crippen LogP contribution in [0.1, 0.15) is 16.2 Å². The Morgan fingerprint density at radius 3 is 2.94 bits per heavy atom. The molecule has 0 unspecified atom stereocenters. The van der Waals surface area contributed by atoms with Crippen molar-refractivity contribution in [2.45, 2.75) is 6.54 Å². The Kier molecular flexibility index (Phi) is 3.63. The molecule has 0 aliphatic rings. The number of hydrogen-bond acceptors (Lipinski definition) is 5. The maximum Gasteiger partial charge on any atom is 0.356 e. The summed E-state index contributed by atoms with van der Waals surface area (Å²) in [5.41, 5.74) is 0.499. The molecular formula is C10H8ClN3O3S. The zero-order valence-corrected chi connectivity index (χ0v) is 10.5. The maximum atomic E-state index is 10.9. The van der Waals surface area contributed by atoms with Crippen LogP contribution < -0.4 is 10.2 Å². The van der Waals surface area contributed by atoms with E-state index in [1.165, 1.54) is 6.07 Å². The van der Waals surface area contributed by atoms with E-state index in [0.717, 1.165) is 11.3 Å². The molecule has 2 heterocycles. The van der Waals surface area contributed by atoms with Crippen LogP contribution in [0.2, 0.25) is 5.02 Å². The second-order valence-corrected chi connectivity index (χ2v) is 4.61. The molecule has 2 aromatic heterocycles. The fraction of sp³-hybridized carbons (Fsp3) is 0.100. The highest BCUT2D eigenvalue weighted by atomic mass is 35.5. The third-order valence-corrected chi connectivity index (χ3v) is 3.10. The molecule has 0 atom stereocenters. The first-order chi connectivity index (χ1) is 8.56. The monoisotopic (exact) mass is 285 g/mol. The van der Waals surface area contributed by atoms with Crippen molar-refractivity contribution in [1.29, 1.82) is 0 Å². The van der Waals surface area contributed by atoms with Gasteiger partial charge in [-0.25, -0.2) is 9.78 Å². The molecule has 2 rings (SSSR count). The average Bonchev–Trinajstić information content (AvgIpc) is 2.74. The summed E-state index contributed by atoms with van der Waals surface area (Å²) in [6, 6.07) is 3.02. The van der Waals surface area contributed by atoms with Gasteiger partial charge in [-0.3, -0.25) is 4.79 Å². The molecule has 6 nitrogen and oxygen atoms in total. The summed E-state index contributed by atoms with van der Waals surface area (Å²) in [7, 11) is 0. The van der Waals surface area contributed by atoms with Gasteiger partial charge in [-0.1, -0.05) is 22.9 Å². The molecule has 2 aromatic rings. The summed E-state index contributed by atoms with van der Waals surface area (Å²) < 4.78 is 0. The van der Waals surface area contributed by atoms with E-state index in [0.29, 0.717) is 18.1 Å². The highest BCUT2D eigenvalue weighted by Gasteiger charge is 2.11. The number of halogens is 1. The molecule has 0 aromatic carbocycles. The molecule has 0 aliphatic heterocycles. The van der Waals surface area contributed by atoms with Gasteiger partial charge in [-0.2, -0.15) is 0 Å². The number of aromatic carboxylic acids is 1. The zero-order chi connectivity index (χ0) is 13.1. The molecular weight excluding hydrogens is 278 g/mol. The van der Waals surface area contributed by atoms with Gasteiger partial charge in [0.05, 0.1) is 11.6 Å². The van der Waals surface area contributed by atoms with Crippen LogP contribution in [0.3, 0.4) is 0 Å². The van der Waals surface area contributed by atoms with Gasteiger partial charge in [0.15, 0.2) is 5.69 Å². The molecule has 0 aliphatic carbocycles. The normalized spacial score (nSPS) is 10.3. The van der Waals surface area contributed by atoms with E-state index >= 15 is 0 Å². The summed E-state index contributed by atoms with van der Waals surface area (Å²) in [5.74, 6) is -0.809. The minimum Gasteiger partial charge on any atom is -0.476 e. The van der Waals surface area contributed by atoms with Crippen molar-refractivity contribution in [1.82, 2.24) is 9.97 Å². The Hall–Kier alpha value is -1.86. The number of carboxylic acids is 1. The number of anilines is 1. The van der Waals surface area contributed by atoms with Crippen molar-refractivity contribution in [2.75, 3.05) is 5.32 Å². The van der Waals surface area contributed by atoms with E-state index in [2.05, 4.69) is 15.3 Å². The fourth-order valence-corrected chi connectivity index (χ4v) is 2.04. The maximum absolute atomic E-state index is 10.9. The number of nitrogens with zero attached hydrogens (tertiary/aromatic N) is 1. The van der Waals surface area contributed by atoms with Crippen molar-refractivity contribution in [3.63, 3.8) is 0 Å². The lowest BCUT2D eigenvalue weighted by Gasteiger charge is -2.05. The van der Waals surface area contributed by atoms with E-state index < -0.39 is 5.97 Å². The number of H-pyrrole nitrogens is 1. The molecule has 94 valence electrons. The van der Waals surface area contributed by atoms with Crippen LogP contribution in [-0.2, 0) is 6.54 Å². The van der Waals surface area contributed by atoms with Crippen LogP contribution in [0.4, 0.5) is 5.82 Å². The van der Waals surface area contributed by atoms with Gasteiger partial charge in [0.2, 0.25) is 0 Å². The number of carboxylic acid groups (broad SMARTS) is 1. The van der Waals surface area contributed by atoms with Gasteiger partial charge in [-0.05, 0) is 12.1 Å². The Bertz CT molecular complexity index is 637. The van der Waals surface area contributed by atoms with E-state index in [4.69, 9.17) is 16.7 Å². The summed E-state index contributed by atoms with van der Waals surface area (Å²) in [4.78, 5) is 28.1. The van der Waals surface area contributed by atoms with Gasteiger partial charge in [-0.15, -0.1) is 0 Å². The second-order valence-electron chi connectivity index (χ2n) is 3.36. The predicted molar refractivity (Wildman–Crippen MR) is 68.5 cm³/mol. The summed E-state index contributed by atoms with van der Waals surface area (Å²) in [6.07, 6.45) is 0. The first kappa shape index (κ1) is 12.6. The predicted octanol–water partition coefficient (Wildman–Crippen LogP) is 1.80. The number of carbonyl (C=O) groups is 1. The van der Waals surface area contributed by atoms with Crippen LogP contribution in [0.5, 0.6) is 0 Å². The SMILES string of the molecule is O=C(O)c1nc(NCc2csc(=O)[nH]2)ccc1Cl. The minimum absolute atomic E-state index is 0.0805. The van der Waals surface area contributed by atoms with Crippen LogP contribution in [0, 0.1) is 0 Å². The van der Waals surface area contributed by atoms with E-state index in [1.54, 1.807) is 11.4 Å². The van der Waals surface area contributed by atoms with Crippen molar-refractivity contribution < 1.29 is 9.90 Å². The third-order valence-electron chi connectivity index (χ3n) is 2.08. The summed E-state index contributed by atoms with van der Waals surface area (Å²) in [5, 5.41) is 13.5. The van der Waals surface area contributed by atoms with Gasteiger partial charge in [0.25, 0.3) is 0 Å². The topological polar surface area (TPSA) is 95.1 Å². The number of rotatable bonds is 4. The second kappa shape index (κ2) is 5.19. The van der Waals surface area contributed by atoms with Gasteiger partial charge < -0.3 is 15.4 Å². The van der Waals surface area contributed by atoms with Crippen LogP contribution in [0.25, 0.3) is 0 Å². The number of aromatic amines is 1. The molecule has 0 saturated carbocycles. The average molecular weight is 286 g/mol. The lowest BCUT2D eigenvalue weighted by atomic mass is 10.3. The Morgan fingerprint density at radius 1 is 1.56 bits per heavy atom. The molecule has 0 bridgehead atoms. The molecule has 0 saturated heterocycles. The van der Waals surface area contributed by atoms with E-state index in [9.17, 15) is 9.59 Å². The zero-order valence-electron chi connectivity index (χ0n) is 8.94. The van der Waals surface area contributed by atoms with E-state index in [-0.39, 0.29) is 15.6 Å². The number of thiazole rings is 1. The molecule has 3 N–H and O–H groups in total. The smallest absolute Gasteiger partial charge is 0.356 e. The molecule has 18 heavy (non-hydrogen) atoms. The highest BCUT2D eigenvalue weighted by Crippen LogP contribution is 2.17. The molecule has 0 radical (unpaired) electrons. The quantitative estimate of drug-likeness (QED) is 0.796. The fourth-order valence-electron chi connectivity index (χ4n) is 1.28. The Balaban J connectivity index is 2.12. The molecule has 0 spiro atoms. The van der Waals surface area contributed by atoms with Crippen LogP contribution in [0.15, 0.2) is 22.3 Å². The van der Waals surface area contributed by atoms with Crippen molar-refractivity contribution in [3.8, 4) is 0 Å². The number of hydrogen-bond donors (Lipinski definition) is 3. The highest BCUT2D eigenvalue weighted by molar-refractivity contribution is 7.07. The van der Waals surface area contributed by atoms with Gasteiger partial charge >= 0.3 is 10.8 Å². The molecule has 0 amide bonds. The van der Waals surface area contributed by atoms with Crippen molar-refractivity contribution in [2.24, 2.45) is 0 Å². The van der Waals surface area contributed by atoms with E-state index in [1.807, 2.05) is 0 Å². The summed E-state index contributed by atoms with van der Waals surface area (Å²) in [6.45, 7) is 0.354. The third kappa shape index (κ3) is 2.88.